The van der Waals surface area contributed by atoms with Gasteiger partial charge in [0.05, 0.1) is 7.11 Å². The van der Waals surface area contributed by atoms with Gasteiger partial charge in [-0.15, -0.1) is 0 Å². The molecule has 3 rings (SSSR count). The molecule has 3 heterocycles. The Morgan fingerprint density at radius 3 is 2.70 bits per heavy atom. The highest BCUT2D eigenvalue weighted by Crippen LogP contribution is 2.20. The Labute approximate surface area is 118 Å². The molecule has 6 nitrogen and oxygen atoms in total. The Kier molecular flexibility index (Phi) is 3.84. The highest BCUT2D eigenvalue weighted by atomic mass is 16.5. The fourth-order valence-electron chi connectivity index (χ4n) is 2.75. The van der Waals surface area contributed by atoms with Gasteiger partial charge in [-0.1, -0.05) is 0 Å². The molecular formula is C14H20N4O2. The van der Waals surface area contributed by atoms with E-state index in [1.807, 2.05) is 0 Å². The van der Waals surface area contributed by atoms with Crippen molar-refractivity contribution in [1.82, 2.24) is 15.2 Å². The van der Waals surface area contributed by atoms with Crippen molar-refractivity contribution in [3.63, 3.8) is 0 Å². The van der Waals surface area contributed by atoms with E-state index in [0.29, 0.717) is 11.6 Å². The van der Waals surface area contributed by atoms with Gasteiger partial charge in [-0.25, -0.2) is 9.78 Å². The lowest BCUT2D eigenvalue weighted by atomic mass is 10.1. The normalized spacial score (nSPS) is 20.6. The van der Waals surface area contributed by atoms with E-state index in [1.54, 1.807) is 18.3 Å². The van der Waals surface area contributed by atoms with Crippen molar-refractivity contribution in [3.05, 3.63) is 23.9 Å². The van der Waals surface area contributed by atoms with Gasteiger partial charge in [0.1, 0.15) is 11.4 Å². The second-order valence-corrected chi connectivity index (χ2v) is 5.20. The summed E-state index contributed by atoms with van der Waals surface area (Å²) in [6.07, 6.45) is 1.73. The molecule has 1 aromatic heterocycles. The van der Waals surface area contributed by atoms with Crippen molar-refractivity contribution in [2.45, 2.75) is 6.04 Å². The number of pyridine rings is 1. The number of nitrogens with one attached hydrogen (secondary N) is 1. The minimum atomic E-state index is -0.321. The minimum absolute atomic E-state index is 0.321. The summed E-state index contributed by atoms with van der Waals surface area (Å²) in [5.41, 5.74) is 0.550. The van der Waals surface area contributed by atoms with Gasteiger partial charge in [-0.2, -0.15) is 0 Å². The van der Waals surface area contributed by atoms with Gasteiger partial charge in [-0.05, 0) is 12.1 Å². The first kappa shape index (κ1) is 13.3. The van der Waals surface area contributed by atoms with Crippen LogP contribution in [-0.4, -0.2) is 68.3 Å². The third-order valence-corrected chi connectivity index (χ3v) is 4.08. The zero-order valence-corrected chi connectivity index (χ0v) is 11.7. The molecule has 0 atom stereocenters. The lowest BCUT2D eigenvalue weighted by molar-refractivity contribution is 0.0600. The van der Waals surface area contributed by atoms with Crippen LogP contribution in [0.2, 0.25) is 0 Å². The molecule has 1 aromatic rings. The predicted molar refractivity (Wildman–Crippen MR) is 76.0 cm³/mol. The second-order valence-electron chi connectivity index (χ2n) is 5.20. The SMILES string of the molecule is COC(=O)c1cccnc1N1CCN(C2CNC2)CC1. The number of esters is 1. The molecule has 0 unspecified atom stereocenters. The fourth-order valence-corrected chi connectivity index (χ4v) is 2.75. The summed E-state index contributed by atoms with van der Waals surface area (Å²) in [7, 11) is 1.40. The van der Waals surface area contributed by atoms with E-state index < -0.39 is 0 Å². The first-order valence-electron chi connectivity index (χ1n) is 7.02. The molecule has 0 radical (unpaired) electrons. The molecule has 2 fully saturated rings. The van der Waals surface area contributed by atoms with Crippen LogP contribution in [0.1, 0.15) is 10.4 Å². The third kappa shape index (κ3) is 2.48. The summed E-state index contributed by atoms with van der Waals surface area (Å²) in [5.74, 6) is 0.421. The van der Waals surface area contributed by atoms with Crippen LogP contribution in [0, 0.1) is 0 Å². The molecule has 2 aliphatic heterocycles. The average molecular weight is 276 g/mol. The molecule has 0 spiro atoms. The first-order valence-corrected chi connectivity index (χ1v) is 7.02. The molecule has 6 heteroatoms. The smallest absolute Gasteiger partial charge is 0.341 e. The maximum absolute atomic E-state index is 11.8. The van der Waals surface area contributed by atoms with Crippen LogP contribution in [-0.2, 0) is 4.74 Å². The molecule has 20 heavy (non-hydrogen) atoms. The molecule has 0 amide bonds. The van der Waals surface area contributed by atoms with Crippen LogP contribution in [0.3, 0.4) is 0 Å². The lowest BCUT2D eigenvalue weighted by Crippen LogP contribution is -2.61. The third-order valence-electron chi connectivity index (χ3n) is 4.08. The summed E-state index contributed by atoms with van der Waals surface area (Å²) in [6, 6.07) is 4.23. The summed E-state index contributed by atoms with van der Waals surface area (Å²) in [4.78, 5) is 20.9. The van der Waals surface area contributed by atoms with Gasteiger partial charge in [0, 0.05) is 51.5 Å². The van der Waals surface area contributed by atoms with E-state index >= 15 is 0 Å². The van der Waals surface area contributed by atoms with Gasteiger partial charge in [0.25, 0.3) is 0 Å². The summed E-state index contributed by atoms with van der Waals surface area (Å²) >= 11 is 0. The number of aromatic nitrogens is 1. The summed E-state index contributed by atoms with van der Waals surface area (Å²) in [6.45, 7) is 6.02. The van der Waals surface area contributed by atoms with E-state index in [9.17, 15) is 4.79 Å². The zero-order valence-electron chi connectivity index (χ0n) is 11.7. The molecule has 0 bridgehead atoms. The first-order chi connectivity index (χ1) is 9.79. The Bertz CT molecular complexity index is 482. The monoisotopic (exact) mass is 276 g/mol. The number of carbonyl (C=O) groups is 1. The largest absolute Gasteiger partial charge is 0.465 e. The molecule has 108 valence electrons. The maximum Gasteiger partial charge on any atom is 0.341 e. The van der Waals surface area contributed by atoms with Gasteiger partial charge in [-0.3, -0.25) is 4.90 Å². The van der Waals surface area contributed by atoms with Crippen LogP contribution in [0.4, 0.5) is 5.82 Å². The number of hydrogen-bond acceptors (Lipinski definition) is 6. The summed E-state index contributed by atoms with van der Waals surface area (Å²) in [5, 5.41) is 3.30. The van der Waals surface area contributed by atoms with Crippen LogP contribution in [0.25, 0.3) is 0 Å². The fraction of sp³-hybridized carbons (Fsp3) is 0.571. The van der Waals surface area contributed by atoms with Crippen molar-refractivity contribution in [3.8, 4) is 0 Å². The molecule has 0 aliphatic carbocycles. The average Bonchev–Trinajstić information content (AvgIpc) is 2.45. The highest BCUT2D eigenvalue weighted by Gasteiger charge is 2.29. The van der Waals surface area contributed by atoms with Crippen LogP contribution < -0.4 is 10.2 Å². The maximum atomic E-state index is 11.8. The Morgan fingerprint density at radius 2 is 2.10 bits per heavy atom. The molecule has 0 aromatic carbocycles. The highest BCUT2D eigenvalue weighted by molar-refractivity contribution is 5.94. The topological polar surface area (TPSA) is 57.7 Å². The van der Waals surface area contributed by atoms with E-state index in [4.69, 9.17) is 4.74 Å². The van der Waals surface area contributed by atoms with Gasteiger partial charge in [0.2, 0.25) is 0 Å². The van der Waals surface area contributed by atoms with Crippen LogP contribution in [0.5, 0.6) is 0 Å². The number of hydrogen-bond donors (Lipinski definition) is 1. The van der Waals surface area contributed by atoms with Crippen molar-refractivity contribution in [2.75, 3.05) is 51.3 Å². The van der Waals surface area contributed by atoms with Crippen molar-refractivity contribution in [1.29, 1.82) is 0 Å². The number of nitrogens with zero attached hydrogens (tertiary/aromatic N) is 3. The molecule has 0 saturated carbocycles. The number of rotatable bonds is 3. The minimum Gasteiger partial charge on any atom is -0.465 e. The lowest BCUT2D eigenvalue weighted by Gasteiger charge is -2.43. The van der Waals surface area contributed by atoms with E-state index in [-0.39, 0.29) is 5.97 Å². The van der Waals surface area contributed by atoms with Crippen LogP contribution >= 0.6 is 0 Å². The second kappa shape index (κ2) is 5.76. The van der Waals surface area contributed by atoms with Gasteiger partial charge >= 0.3 is 5.97 Å². The van der Waals surface area contributed by atoms with Crippen molar-refractivity contribution in [2.24, 2.45) is 0 Å². The van der Waals surface area contributed by atoms with Gasteiger partial charge in [0.15, 0.2) is 0 Å². The quantitative estimate of drug-likeness (QED) is 0.782. The Hall–Kier alpha value is -1.66. The summed E-state index contributed by atoms with van der Waals surface area (Å²) < 4.78 is 4.83. The number of carbonyl (C=O) groups excluding carboxylic acids is 1. The van der Waals surface area contributed by atoms with Crippen LogP contribution in [0.15, 0.2) is 18.3 Å². The van der Waals surface area contributed by atoms with E-state index in [0.717, 1.165) is 45.1 Å². The van der Waals surface area contributed by atoms with E-state index in [2.05, 4.69) is 20.1 Å². The molecule has 2 aliphatic rings. The Balaban J connectivity index is 1.69. The standard InChI is InChI=1S/C14H20N4O2/c1-20-14(19)12-3-2-4-16-13(12)18-7-5-17(6-8-18)11-9-15-10-11/h2-4,11,15H,5-10H2,1H3. The zero-order chi connectivity index (χ0) is 13.9. The van der Waals surface area contributed by atoms with Gasteiger partial charge < -0.3 is 15.0 Å². The number of piperazine rings is 1. The molecular weight excluding hydrogens is 256 g/mol. The Morgan fingerprint density at radius 1 is 1.35 bits per heavy atom. The number of methoxy groups -OCH3 is 1. The molecule has 2 saturated heterocycles. The van der Waals surface area contributed by atoms with Crippen molar-refractivity contribution >= 4 is 11.8 Å². The number of anilines is 1. The van der Waals surface area contributed by atoms with Crippen molar-refractivity contribution < 1.29 is 9.53 Å². The number of ether oxygens (including phenoxy) is 1. The van der Waals surface area contributed by atoms with E-state index in [1.165, 1.54) is 7.11 Å². The predicted octanol–water partition coefficient (Wildman–Crippen LogP) is -0.0380. The molecule has 1 N–H and O–H groups in total.